The summed E-state index contributed by atoms with van der Waals surface area (Å²) in [6, 6.07) is 8.12. The van der Waals surface area contributed by atoms with Crippen molar-refractivity contribution < 1.29 is 23.6 Å². The molecule has 7 heteroatoms. The Morgan fingerprint density at radius 2 is 1.74 bits per heavy atom. The molecule has 0 bridgehead atoms. The number of esters is 1. The van der Waals surface area contributed by atoms with Gasteiger partial charge in [0.2, 0.25) is 0 Å². The molecule has 0 atom stereocenters. The Morgan fingerprint density at radius 1 is 1.13 bits per heavy atom. The molecule has 0 heterocycles. The maximum Gasteiger partial charge on any atom is 0.338 e. The highest BCUT2D eigenvalue weighted by molar-refractivity contribution is 6.12. The molecular weight excluding hydrogens is 305 g/mol. The number of hydrogen-bond donors (Lipinski definition) is 0. The van der Waals surface area contributed by atoms with Crippen molar-refractivity contribution in [2.45, 2.75) is 6.92 Å². The molecule has 0 amide bonds. The van der Waals surface area contributed by atoms with Crippen molar-refractivity contribution in [3.8, 4) is 0 Å². The maximum absolute atomic E-state index is 12.9. The first-order valence-corrected chi connectivity index (χ1v) is 6.70. The molecule has 6 nitrogen and oxygen atoms in total. The Hall–Kier alpha value is -3.09. The van der Waals surface area contributed by atoms with Gasteiger partial charge in [-0.2, -0.15) is 0 Å². The van der Waals surface area contributed by atoms with Crippen LogP contribution in [0.5, 0.6) is 0 Å². The molecule has 0 aromatic heterocycles. The van der Waals surface area contributed by atoms with Crippen LogP contribution in [0.4, 0.5) is 10.1 Å². The minimum absolute atomic E-state index is 0.0193. The molecule has 2 aromatic rings. The Balaban J connectivity index is 2.45. The average Bonchev–Trinajstić information content (AvgIpc) is 2.54. The topological polar surface area (TPSA) is 86.5 Å². The second-order valence-electron chi connectivity index (χ2n) is 4.55. The summed E-state index contributed by atoms with van der Waals surface area (Å²) in [5.41, 5.74) is -0.605. The van der Waals surface area contributed by atoms with Gasteiger partial charge in [-0.25, -0.2) is 9.18 Å². The van der Waals surface area contributed by atoms with Crippen molar-refractivity contribution in [3.63, 3.8) is 0 Å². The summed E-state index contributed by atoms with van der Waals surface area (Å²) < 4.78 is 17.7. The Labute approximate surface area is 130 Å². The van der Waals surface area contributed by atoms with Crippen molar-refractivity contribution >= 4 is 17.4 Å². The Morgan fingerprint density at radius 3 is 2.30 bits per heavy atom. The van der Waals surface area contributed by atoms with E-state index in [1.54, 1.807) is 6.92 Å². The molecule has 2 rings (SSSR count). The van der Waals surface area contributed by atoms with E-state index in [0.29, 0.717) is 0 Å². The summed E-state index contributed by atoms with van der Waals surface area (Å²) in [5, 5.41) is 11.2. The van der Waals surface area contributed by atoms with E-state index in [-0.39, 0.29) is 23.3 Å². The first kappa shape index (κ1) is 16.3. The predicted molar refractivity (Wildman–Crippen MR) is 78.9 cm³/mol. The molecule has 0 saturated heterocycles. The van der Waals surface area contributed by atoms with Crippen molar-refractivity contribution in [1.82, 2.24) is 0 Å². The quantitative estimate of drug-likeness (QED) is 0.366. The Kier molecular flexibility index (Phi) is 4.80. The van der Waals surface area contributed by atoms with E-state index in [9.17, 15) is 24.1 Å². The molecule has 0 radical (unpaired) electrons. The van der Waals surface area contributed by atoms with Crippen molar-refractivity contribution in [2.75, 3.05) is 6.61 Å². The summed E-state index contributed by atoms with van der Waals surface area (Å²) in [5.74, 6) is -1.86. The van der Waals surface area contributed by atoms with Gasteiger partial charge in [-0.15, -0.1) is 0 Å². The molecule has 118 valence electrons. The zero-order chi connectivity index (χ0) is 17.0. The number of halogens is 1. The third kappa shape index (κ3) is 3.57. The fourth-order valence-electron chi connectivity index (χ4n) is 1.97. The predicted octanol–water partition coefficient (Wildman–Crippen LogP) is 3.14. The molecule has 0 aliphatic heterocycles. The summed E-state index contributed by atoms with van der Waals surface area (Å²) in [7, 11) is 0. The third-order valence-electron chi connectivity index (χ3n) is 3.06. The van der Waals surface area contributed by atoms with Gasteiger partial charge in [0.15, 0.2) is 5.78 Å². The lowest BCUT2D eigenvalue weighted by Gasteiger charge is -2.06. The smallest absolute Gasteiger partial charge is 0.338 e. The number of ketones is 1. The number of hydrogen-bond acceptors (Lipinski definition) is 5. The zero-order valence-electron chi connectivity index (χ0n) is 12.1. The number of carbonyl (C=O) groups excluding carboxylic acids is 2. The fourth-order valence-corrected chi connectivity index (χ4v) is 1.97. The van der Waals surface area contributed by atoms with Crippen LogP contribution in [0.25, 0.3) is 0 Å². The number of carbonyl (C=O) groups is 2. The number of nitrogens with zero attached hydrogens (tertiary/aromatic N) is 1. The lowest BCUT2D eigenvalue weighted by atomic mass is 10.00. The average molecular weight is 317 g/mol. The van der Waals surface area contributed by atoms with Crippen LogP contribution in [0.3, 0.4) is 0 Å². The molecule has 0 spiro atoms. The van der Waals surface area contributed by atoms with Gasteiger partial charge in [0.25, 0.3) is 5.69 Å². The van der Waals surface area contributed by atoms with Crippen LogP contribution in [0.2, 0.25) is 0 Å². The summed E-state index contributed by atoms with van der Waals surface area (Å²) >= 11 is 0. The van der Waals surface area contributed by atoms with Crippen LogP contribution < -0.4 is 0 Å². The van der Waals surface area contributed by atoms with E-state index in [0.717, 1.165) is 18.2 Å². The highest BCUT2D eigenvalue weighted by Crippen LogP contribution is 2.24. The molecule has 0 fully saturated rings. The summed E-state index contributed by atoms with van der Waals surface area (Å²) in [6.07, 6.45) is 0. The van der Waals surface area contributed by atoms with Crippen LogP contribution in [-0.2, 0) is 4.74 Å². The first-order valence-electron chi connectivity index (χ1n) is 6.70. The standard InChI is InChI=1S/C16H12FNO5/c1-2-23-16(20)11-5-8-13(14(9-11)18(21)22)15(19)10-3-6-12(17)7-4-10/h3-9H,2H2,1H3. The van der Waals surface area contributed by atoms with Crippen molar-refractivity contribution in [1.29, 1.82) is 0 Å². The number of ether oxygens (including phenoxy) is 1. The van der Waals surface area contributed by atoms with Gasteiger partial charge in [0.1, 0.15) is 11.4 Å². The van der Waals surface area contributed by atoms with E-state index >= 15 is 0 Å². The van der Waals surface area contributed by atoms with Crippen LogP contribution in [0.1, 0.15) is 33.2 Å². The second kappa shape index (κ2) is 6.78. The van der Waals surface area contributed by atoms with E-state index in [4.69, 9.17) is 4.74 Å². The number of nitro benzene ring substituents is 1. The van der Waals surface area contributed by atoms with Crippen LogP contribution >= 0.6 is 0 Å². The van der Waals surface area contributed by atoms with Gasteiger partial charge in [0.05, 0.1) is 17.1 Å². The van der Waals surface area contributed by atoms with E-state index in [2.05, 4.69) is 0 Å². The molecule has 0 N–H and O–H groups in total. The van der Waals surface area contributed by atoms with Crippen LogP contribution in [0.15, 0.2) is 42.5 Å². The second-order valence-corrected chi connectivity index (χ2v) is 4.55. The van der Waals surface area contributed by atoms with Gasteiger partial charge in [-0.05, 0) is 43.3 Å². The van der Waals surface area contributed by atoms with Gasteiger partial charge >= 0.3 is 5.97 Å². The number of nitro groups is 1. The molecule has 2 aromatic carbocycles. The van der Waals surface area contributed by atoms with E-state index in [1.807, 2.05) is 0 Å². The van der Waals surface area contributed by atoms with Crippen molar-refractivity contribution in [3.05, 3.63) is 75.1 Å². The normalized spacial score (nSPS) is 10.2. The SMILES string of the molecule is CCOC(=O)c1ccc(C(=O)c2ccc(F)cc2)c([N+](=O)[O-])c1. The van der Waals surface area contributed by atoms with E-state index in [1.165, 1.54) is 24.3 Å². The summed E-state index contributed by atoms with van der Waals surface area (Å²) in [6.45, 7) is 1.74. The lowest BCUT2D eigenvalue weighted by molar-refractivity contribution is -0.385. The fraction of sp³-hybridized carbons (Fsp3) is 0.125. The molecule has 0 aliphatic rings. The Bertz CT molecular complexity index is 771. The highest BCUT2D eigenvalue weighted by atomic mass is 19.1. The van der Waals surface area contributed by atoms with E-state index < -0.39 is 28.2 Å². The molecular formula is C16H12FNO5. The summed E-state index contributed by atoms with van der Waals surface area (Å²) in [4.78, 5) is 34.4. The first-order chi connectivity index (χ1) is 10.9. The maximum atomic E-state index is 12.9. The highest BCUT2D eigenvalue weighted by Gasteiger charge is 2.23. The van der Waals surface area contributed by atoms with Crippen LogP contribution in [0, 0.1) is 15.9 Å². The molecule has 0 unspecified atom stereocenters. The minimum Gasteiger partial charge on any atom is -0.462 e. The molecule has 23 heavy (non-hydrogen) atoms. The van der Waals surface area contributed by atoms with Gasteiger partial charge < -0.3 is 4.74 Å². The van der Waals surface area contributed by atoms with Gasteiger partial charge in [-0.3, -0.25) is 14.9 Å². The number of benzene rings is 2. The minimum atomic E-state index is -0.751. The van der Waals surface area contributed by atoms with Gasteiger partial charge in [-0.1, -0.05) is 0 Å². The molecule has 0 saturated carbocycles. The largest absolute Gasteiger partial charge is 0.462 e. The third-order valence-corrected chi connectivity index (χ3v) is 3.06. The van der Waals surface area contributed by atoms with Crippen LogP contribution in [-0.4, -0.2) is 23.3 Å². The molecule has 0 aliphatic carbocycles. The van der Waals surface area contributed by atoms with Crippen molar-refractivity contribution in [2.24, 2.45) is 0 Å². The lowest BCUT2D eigenvalue weighted by Crippen LogP contribution is -2.09. The van der Waals surface area contributed by atoms with Gasteiger partial charge in [0, 0.05) is 11.6 Å². The number of rotatable bonds is 5. The zero-order valence-corrected chi connectivity index (χ0v) is 12.1. The monoisotopic (exact) mass is 317 g/mol.